The number of aromatic carboxylic acids is 1. The second-order valence-corrected chi connectivity index (χ2v) is 7.83. The van der Waals surface area contributed by atoms with Crippen molar-refractivity contribution in [2.45, 2.75) is 6.92 Å². The Morgan fingerprint density at radius 2 is 2.03 bits per heavy atom. The summed E-state index contributed by atoms with van der Waals surface area (Å²) in [5.41, 5.74) is 5.68. The van der Waals surface area contributed by atoms with E-state index in [-0.39, 0.29) is 5.69 Å². The molecule has 0 bridgehead atoms. The number of carboxylic acids is 1. The normalized spacial score (nSPS) is 11.2. The van der Waals surface area contributed by atoms with E-state index in [0.717, 1.165) is 43.1 Å². The van der Waals surface area contributed by atoms with Gasteiger partial charge in [0, 0.05) is 28.5 Å². The van der Waals surface area contributed by atoms with Crippen molar-refractivity contribution in [2.75, 3.05) is 5.32 Å². The molecule has 6 nitrogen and oxygen atoms in total. The third-order valence-electron chi connectivity index (χ3n) is 4.67. The average molecular weight is 400 g/mol. The van der Waals surface area contributed by atoms with Crippen LogP contribution in [0.1, 0.15) is 16.2 Å². The zero-order valence-electron chi connectivity index (χ0n) is 15.4. The standard InChI is InChI=1S/C22H16N4O2S/c1-12-9-13-10-14(5-6-15(13)24-12)25-17-7-8-23-19-11-20(29-21(17)19)16-3-2-4-18(26-16)22(27)28/h2-11,24H,1H3,(H,23,25)(H,27,28). The molecule has 0 saturated heterocycles. The van der Waals surface area contributed by atoms with Gasteiger partial charge in [0.05, 0.1) is 26.5 Å². The summed E-state index contributed by atoms with van der Waals surface area (Å²) in [6, 6.07) is 17.2. The van der Waals surface area contributed by atoms with Gasteiger partial charge in [-0.2, -0.15) is 0 Å². The Morgan fingerprint density at radius 3 is 2.90 bits per heavy atom. The number of aryl methyl sites for hydroxylation is 1. The maximum Gasteiger partial charge on any atom is 0.354 e. The molecule has 0 fully saturated rings. The second-order valence-electron chi connectivity index (χ2n) is 6.78. The molecule has 29 heavy (non-hydrogen) atoms. The van der Waals surface area contributed by atoms with Gasteiger partial charge < -0.3 is 15.4 Å². The quantitative estimate of drug-likeness (QED) is 0.366. The summed E-state index contributed by atoms with van der Waals surface area (Å²) in [4.78, 5) is 24.1. The van der Waals surface area contributed by atoms with Gasteiger partial charge in [0.1, 0.15) is 5.69 Å². The topological polar surface area (TPSA) is 90.9 Å². The summed E-state index contributed by atoms with van der Waals surface area (Å²) in [5, 5.41) is 13.8. The van der Waals surface area contributed by atoms with Crippen LogP contribution in [0.5, 0.6) is 0 Å². The maximum absolute atomic E-state index is 11.2. The van der Waals surface area contributed by atoms with Crippen molar-refractivity contribution in [1.29, 1.82) is 0 Å². The molecule has 0 amide bonds. The lowest BCUT2D eigenvalue weighted by molar-refractivity contribution is 0.0690. The van der Waals surface area contributed by atoms with Crippen LogP contribution in [0.3, 0.4) is 0 Å². The summed E-state index contributed by atoms with van der Waals surface area (Å²) in [6.07, 6.45) is 1.77. The minimum atomic E-state index is -1.04. The molecule has 0 saturated carbocycles. The number of carbonyl (C=O) groups is 1. The molecule has 0 atom stereocenters. The predicted octanol–water partition coefficient (Wildman–Crippen LogP) is 5.59. The SMILES string of the molecule is Cc1cc2cc(Nc3ccnc4cc(-c5cccc(C(=O)O)n5)sc34)ccc2[nH]1. The molecule has 4 aromatic heterocycles. The van der Waals surface area contributed by atoms with Crippen LogP contribution < -0.4 is 5.32 Å². The third kappa shape index (κ3) is 3.21. The molecule has 0 aliphatic carbocycles. The molecule has 0 unspecified atom stereocenters. The second kappa shape index (κ2) is 6.72. The number of rotatable bonds is 4. The van der Waals surface area contributed by atoms with E-state index in [9.17, 15) is 9.90 Å². The van der Waals surface area contributed by atoms with E-state index in [1.54, 1.807) is 12.3 Å². The molecule has 1 aromatic carbocycles. The van der Waals surface area contributed by atoms with Crippen molar-refractivity contribution < 1.29 is 9.90 Å². The van der Waals surface area contributed by atoms with Crippen molar-refractivity contribution in [2.24, 2.45) is 0 Å². The van der Waals surface area contributed by atoms with Crippen molar-refractivity contribution in [3.63, 3.8) is 0 Å². The van der Waals surface area contributed by atoms with E-state index in [1.165, 1.54) is 17.4 Å². The molecule has 0 aliphatic heterocycles. The van der Waals surface area contributed by atoms with Crippen LogP contribution in [0, 0.1) is 6.92 Å². The Balaban J connectivity index is 1.54. The molecular weight excluding hydrogens is 384 g/mol. The summed E-state index contributed by atoms with van der Waals surface area (Å²) in [7, 11) is 0. The highest BCUT2D eigenvalue weighted by molar-refractivity contribution is 7.22. The molecule has 5 aromatic rings. The van der Waals surface area contributed by atoms with E-state index in [4.69, 9.17) is 0 Å². The molecule has 3 N–H and O–H groups in total. The number of H-pyrrole nitrogens is 1. The van der Waals surface area contributed by atoms with E-state index < -0.39 is 5.97 Å². The van der Waals surface area contributed by atoms with E-state index in [1.807, 2.05) is 31.2 Å². The number of nitrogens with zero attached hydrogens (tertiary/aromatic N) is 2. The molecule has 4 heterocycles. The first-order valence-corrected chi connectivity index (χ1v) is 9.84. The van der Waals surface area contributed by atoms with Crippen molar-refractivity contribution in [3.8, 4) is 10.6 Å². The summed E-state index contributed by atoms with van der Waals surface area (Å²) in [6.45, 7) is 2.04. The first-order valence-electron chi connectivity index (χ1n) is 9.02. The number of carboxylic acid groups (broad SMARTS) is 1. The fourth-order valence-electron chi connectivity index (χ4n) is 3.36. The summed E-state index contributed by atoms with van der Waals surface area (Å²) >= 11 is 1.54. The fraction of sp³-hybridized carbons (Fsp3) is 0.0455. The molecule has 0 aliphatic rings. The van der Waals surface area contributed by atoms with Crippen LogP contribution in [0.4, 0.5) is 11.4 Å². The Morgan fingerprint density at radius 1 is 1.14 bits per heavy atom. The molecule has 0 spiro atoms. The summed E-state index contributed by atoms with van der Waals surface area (Å²) in [5.74, 6) is -1.04. The monoisotopic (exact) mass is 400 g/mol. The maximum atomic E-state index is 11.2. The number of nitrogens with one attached hydrogen (secondary N) is 2. The Labute approximate surface area is 169 Å². The molecule has 5 rings (SSSR count). The smallest absolute Gasteiger partial charge is 0.354 e. The van der Waals surface area contributed by atoms with Gasteiger partial charge in [0.15, 0.2) is 0 Å². The highest BCUT2D eigenvalue weighted by atomic mass is 32.1. The minimum Gasteiger partial charge on any atom is -0.477 e. The van der Waals surface area contributed by atoms with Gasteiger partial charge in [-0.05, 0) is 55.5 Å². The van der Waals surface area contributed by atoms with E-state index in [0.29, 0.717) is 5.69 Å². The summed E-state index contributed by atoms with van der Waals surface area (Å²) < 4.78 is 0.996. The number of aromatic amines is 1. The number of hydrogen-bond acceptors (Lipinski definition) is 5. The molecule has 142 valence electrons. The van der Waals surface area contributed by atoms with Gasteiger partial charge in [0.25, 0.3) is 0 Å². The lowest BCUT2D eigenvalue weighted by Gasteiger charge is -2.07. The van der Waals surface area contributed by atoms with Crippen LogP contribution in [-0.2, 0) is 0 Å². The van der Waals surface area contributed by atoms with E-state index >= 15 is 0 Å². The van der Waals surface area contributed by atoms with Gasteiger partial charge in [-0.25, -0.2) is 9.78 Å². The highest BCUT2D eigenvalue weighted by Crippen LogP contribution is 2.37. The first-order chi connectivity index (χ1) is 14.1. The Kier molecular flexibility index (Phi) is 4.03. The lowest BCUT2D eigenvalue weighted by atomic mass is 10.2. The number of benzene rings is 1. The zero-order chi connectivity index (χ0) is 20.0. The fourth-order valence-corrected chi connectivity index (χ4v) is 4.42. The van der Waals surface area contributed by atoms with Gasteiger partial charge in [-0.3, -0.25) is 4.98 Å². The van der Waals surface area contributed by atoms with Crippen molar-refractivity contribution in [1.82, 2.24) is 15.0 Å². The highest BCUT2D eigenvalue weighted by Gasteiger charge is 2.12. The predicted molar refractivity (Wildman–Crippen MR) is 116 cm³/mol. The van der Waals surface area contributed by atoms with Gasteiger partial charge in [-0.1, -0.05) is 6.07 Å². The molecule has 7 heteroatoms. The van der Waals surface area contributed by atoms with Crippen LogP contribution in [0.25, 0.3) is 31.7 Å². The Hall–Kier alpha value is -3.71. The number of hydrogen-bond donors (Lipinski definition) is 3. The van der Waals surface area contributed by atoms with Gasteiger partial charge >= 0.3 is 5.97 Å². The largest absolute Gasteiger partial charge is 0.477 e. The lowest BCUT2D eigenvalue weighted by Crippen LogP contribution is -1.99. The van der Waals surface area contributed by atoms with Crippen LogP contribution >= 0.6 is 11.3 Å². The van der Waals surface area contributed by atoms with Gasteiger partial charge in [0.2, 0.25) is 0 Å². The van der Waals surface area contributed by atoms with Gasteiger partial charge in [-0.15, -0.1) is 11.3 Å². The molecular formula is C22H16N4O2S. The minimum absolute atomic E-state index is 0.0290. The number of aromatic nitrogens is 3. The first kappa shape index (κ1) is 17.4. The van der Waals surface area contributed by atoms with Crippen LogP contribution in [0.2, 0.25) is 0 Å². The Bertz CT molecular complexity index is 1390. The van der Waals surface area contributed by atoms with Crippen molar-refractivity contribution >= 4 is 49.8 Å². The van der Waals surface area contributed by atoms with Crippen molar-refractivity contribution in [3.05, 3.63) is 72.2 Å². The number of anilines is 2. The zero-order valence-corrected chi connectivity index (χ0v) is 16.2. The van der Waals surface area contributed by atoms with E-state index in [2.05, 4.69) is 38.5 Å². The van der Waals surface area contributed by atoms with Crippen LogP contribution in [-0.4, -0.2) is 26.0 Å². The third-order valence-corrected chi connectivity index (χ3v) is 5.85. The number of thiophene rings is 1. The number of fused-ring (bicyclic) bond motifs is 2. The average Bonchev–Trinajstić information content (AvgIpc) is 3.31. The number of pyridine rings is 2. The molecule has 0 radical (unpaired) electrons. The van der Waals surface area contributed by atoms with Crippen LogP contribution in [0.15, 0.2) is 60.8 Å².